The Morgan fingerprint density at radius 2 is 1.78 bits per heavy atom. The largest absolute Gasteiger partial charge is 0.449 e. The van der Waals surface area contributed by atoms with Gasteiger partial charge in [-0.15, -0.1) is 11.8 Å². The van der Waals surface area contributed by atoms with Gasteiger partial charge < -0.3 is 4.74 Å². The number of unbranched alkanes of at least 4 members (excludes halogenated alkanes) is 2. The van der Waals surface area contributed by atoms with Crippen molar-refractivity contribution in [1.82, 2.24) is 8.61 Å². The van der Waals surface area contributed by atoms with E-state index in [1.165, 1.54) is 27.4 Å². The lowest BCUT2D eigenvalue weighted by Crippen LogP contribution is -2.32. The summed E-state index contributed by atoms with van der Waals surface area (Å²) < 4.78 is 7.83. The third-order valence-electron chi connectivity index (χ3n) is 2.67. The van der Waals surface area contributed by atoms with E-state index in [0.717, 1.165) is 37.8 Å². The lowest BCUT2D eigenvalue weighted by molar-refractivity contribution is 0.123. The van der Waals surface area contributed by atoms with Crippen LogP contribution in [0.5, 0.6) is 0 Å². The third kappa shape index (κ3) is 10.3. The summed E-state index contributed by atoms with van der Waals surface area (Å²) in [6, 6.07) is 0. The number of carbonyl (C=O) groups excluding carboxylic acids is 2. The van der Waals surface area contributed by atoms with E-state index in [2.05, 4.69) is 5.16 Å². The maximum absolute atomic E-state index is 12.1. The Morgan fingerprint density at radius 3 is 2.35 bits per heavy atom. The third-order valence-corrected chi connectivity index (χ3v) is 4.26. The van der Waals surface area contributed by atoms with Crippen LogP contribution in [0.15, 0.2) is 5.16 Å². The first-order chi connectivity index (χ1) is 11.0. The predicted octanol–water partition coefficient (Wildman–Crippen LogP) is 4.35. The van der Waals surface area contributed by atoms with Crippen molar-refractivity contribution in [3.8, 4) is 0 Å². The fourth-order valence-electron chi connectivity index (χ4n) is 1.22. The second-order valence-electron chi connectivity index (χ2n) is 4.67. The van der Waals surface area contributed by atoms with E-state index < -0.39 is 12.2 Å². The van der Waals surface area contributed by atoms with Crippen LogP contribution in [0, 0.1) is 0 Å². The van der Waals surface area contributed by atoms with E-state index in [1.54, 1.807) is 6.92 Å². The molecule has 0 atom stereocenters. The van der Waals surface area contributed by atoms with Crippen molar-refractivity contribution in [2.75, 3.05) is 26.5 Å². The molecule has 0 bridgehead atoms. The van der Waals surface area contributed by atoms with Crippen LogP contribution in [-0.2, 0) is 9.57 Å². The number of ether oxygens (including phenoxy) is 1. The molecular weight excluding hydrogens is 338 g/mol. The maximum Gasteiger partial charge on any atom is 0.447 e. The van der Waals surface area contributed by atoms with Crippen molar-refractivity contribution < 1.29 is 19.2 Å². The van der Waals surface area contributed by atoms with E-state index in [9.17, 15) is 9.59 Å². The van der Waals surface area contributed by atoms with Gasteiger partial charge in [0, 0.05) is 13.6 Å². The van der Waals surface area contributed by atoms with Crippen LogP contribution >= 0.6 is 23.9 Å². The SMILES string of the molecule is CCCCOC(=O)N(CCCC)SN(C)C(=O)O/N=C(\C)SC. The van der Waals surface area contributed by atoms with E-state index in [-0.39, 0.29) is 0 Å². The van der Waals surface area contributed by atoms with Gasteiger partial charge in [0.1, 0.15) is 5.04 Å². The highest BCUT2D eigenvalue weighted by Crippen LogP contribution is 2.18. The molecule has 0 saturated carbocycles. The summed E-state index contributed by atoms with van der Waals surface area (Å²) in [5, 5.41) is 4.32. The van der Waals surface area contributed by atoms with Crippen LogP contribution < -0.4 is 0 Å². The number of hydrogen-bond acceptors (Lipinski definition) is 7. The molecule has 7 nitrogen and oxygen atoms in total. The normalized spacial score (nSPS) is 11.1. The first-order valence-corrected chi connectivity index (χ1v) is 9.57. The molecule has 0 saturated heterocycles. The Hall–Kier alpha value is -1.09. The molecule has 23 heavy (non-hydrogen) atoms. The van der Waals surface area contributed by atoms with E-state index in [0.29, 0.717) is 18.2 Å². The number of carbonyl (C=O) groups is 2. The summed E-state index contributed by atoms with van der Waals surface area (Å²) in [4.78, 5) is 28.7. The molecule has 0 fully saturated rings. The van der Waals surface area contributed by atoms with Gasteiger partial charge in [-0.2, -0.15) is 0 Å². The summed E-state index contributed by atoms with van der Waals surface area (Å²) in [5.74, 6) is 0. The molecule has 0 aromatic rings. The topological polar surface area (TPSA) is 71.4 Å². The minimum atomic E-state index is -0.647. The van der Waals surface area contributed by atoms with Gasteiger partial charge >= 0.3 is 12.2 Å². The Labute approximate surface area is 147 Å². The van der Waals surface area contributed by atoms with Crippen LogP contribution in [-0.4, -0.2) is 52.3 Å². The molecule has 0 aromatic carbocycles. The molecule has 0 aromatic heterocycles. The van der Waals surface area contributed by atoms with Gasteiger partial charge in [-0.3, -0.25) is 4.84 Å². The second kappa shape index (κ2) is 13.4. The molecule has 0 radical (unpaired) electrons. The van der Waals surface area contributed by atoms with Crippen molar-refractivity contribution in [3.05, 3.63) is 0 Å². The Morgan fingerprint density at radius 1 is 1.13 bits per heavy atom. The Kier molecular flexibility index (Phi) is 12.7. The van der Waals surface area contributed by atoms with Crippen LogP contribution in [0.25, 0.3) is 0 Å². The molecule has 2 amide bonds. The van der Waals surface area contributed by atoms with Crippen molar-refractivity contribution in [2.24, 2.45) is 5.16 Å². The van der Waals surface area contributed by atoms with Crippen molar-refractivity contribution in [2.45, 2.75) is 46.5 Å². The summed E-state index contributed by atoms with van der Waals surface area (Å²) in [5.41, 5.74) is 0. The molecule has 0 unspecified atom stereocenters. The van der Waals surface area contributed by atoms with Gasteiger partial charge in [0.25, 0.3) is 0 Å². The predicted molar refractivity (Wildman–Crippen MR) is 96.3 cm³/mol. The molecule has 0 rings (SSSR count). The Bertz CT molecular complexity index is 394. The van der Waals surface area contributed by atoms with Crippen LogP contribution in [0.3, 0.4) is 0 Å². The van der Waals surface area contributed by atoms with Crippen LogP contribution in [0.4, 0.5) is 9.59 Å². The smallest absolute Gasteiger partial charge is 0.447 e. The lowest BCUT2D eigenvalue weighted by Gasteiger charge is -2.24. The molecule has 0 heterocycles. The first-order valence-electron chi connectivity index (χ1n) is 7.61. The zero-order valence-corrected chi connectivity index (χ0v) is 16.2. The van der Waals surface area contributed by atoms with Gasteiger partial charge in [0.15, 0.2) is 0 Å². The summed E-state index contributed by atoms with van der Waals surface area (Å²) in [6.07, 6.45) is 4.27. The number of amides is 2. The van der Waals surface area contributed by atoms with Gasteiger partial charge in [-0.1, -0.05) is 31.8 Å². The van der Waals surface area contributed by atoms with E-state index in [1.807, 2.05) is 20.1 Å². The summed E-state index contributed by atoms with van der Waals surface area (Å²) in [7, 11) is 1.52. The zero-order valence-electron chi connectivity index (χ0n) is 14.5. The quantitative estimate of drug-likeness (QED) is 0.151. The highest BCUT2D eigenvalue weighted by atomic mass is 32.2. The summed E-state index contributed by atoms with van der Waals surface area (Å²) in [6.45, 7) is 6.67. The summed E-state index contributed by atoms with van der Waals surface area (Å²) >= 11 is 2.34. The fourth-order valence-corrected chi connectivity index (χ4v) is 2.06. The van der Waals surface area contributed by atoms with Crippen LogP contribution in [0.2, 0.25) is 0 Å². The van der Waals surface area contributed by atoms with Crippen molar-refractivity contribution in [3.63, 3.8) is 0 Å². The highest BCUT2D eigenvalue weighted by Gasteiger charge is 2.22. The molecule has 134 valence electrons. The average Bonchev–Trinajstić information content (AvgIpc) is 2.55. The maximum atomic E-state index is 12.1. The lowest BCUT2D eigenvalue weighted by atomic mass is 10.3. The molecule has 0 aliphatic carbocycles. The van der Waals surface area contributed by atoms with Gasteiger partial charge in [0.05, 0.1) is 18.7 Å². The second-order valence-corrected chi connectivity index (χ2v) is 6.83. The molecule has 9 heteroatoms. The fraction of sp³-hybridized carbons (Fsp3) is 0.786. The standard InChI is InChI=1S/C14H27N3O4S2/c1-6-8-10-17(14(19)20-11-9-7-2)23-16(4)13(18)21-15-12(3)22-5/h6-11H2,1-5H3/b15-12+. The van der Waals surface area contributed by atoms with Gasteiger partial charge in [0.2, 0.25) is 0 Å². The van der Waals surface area contributed by atoms with E-state index in [4.69, 9.17) is 9.57 Å². The molecule has 0 spiro atoms. The minimum Gasteiger partial charge on any atom is -0.449 e. The number of oxime groups is 1. The van der Waals surface area contributed by atoms with Gasteiger partial charge in [-0.05, 0) is 26.0 Å². The minimum absolute atomic E-state index is 0.379. The van der Waals surface area contributed by atoms with Crippen molar-refractivity contribution >= 4 is 41.1 Å². The van der Waals surface area contributed by atoms with Crippen molar-refractivity contribution in [1.29, 1.82) is 0 Å². The molecule has 0 aliphatic heterocycles. The monoisotopic (exact) mass is 365 g/mol. The molecule has 0 aliphatic rings. The number of rotatable bonds is 9. The molecular formula is C14H27N3O4S2. The zero-order chi connectivity index (χ0) is 17.7. The number of hydrogen-bond donors (Lipinski definition) is 0. The first kappa shape index (κ1) is 21.9. The Balaban J connectivity index is 4.54. The molecule has 0 N–H and O–H groups in total. The highest BCUT2D eigenvalue weighted by molar-refractivity contribution is 8.13. The average molecular weight is 366 g/mol. The number of nitrogens with zero attached hydrogens (tertiary/aromatic N) is 3. The van der Waals surface area contributed by atoms with Gasteiger partial charge in [-0.25, -0.2) is 18.2 Å². The van der Waals surface area contributed by atoms with Crippen LogP contribution in [0.1, 0.15) is 46.5 Å². The number of thioether (sulfide) groups is 1. The van der Waals surface area contributed by atoms with E-state index >= 15 is 0 Å².